The van der Waals surface area contributed by atoms with Crippen LogP contribution in [0.25, 0.3) is 71.6 Å². The number of benzene rings is 6. The highest BCUT2D eigenvalue weighted by molar-refractivity contribution is 6.07. The van der Waals surface area contributed by atoms with Crippen LogP contribution < -0.4 is 48.6 Å². The first kappa shape index (κ1) is 84.1. The molecule has 1 fully saturated rings. The molecule has 6 amide bonds. The Morgan fingerprint density at radius 1 is 0.475 bits per heavy atom. The number of carbonyl (C=O) groups is 6. The minimum atomic E-state index is -0.666. The molecule has 1 saturated heterocycles. The second-order valence-corrected chi connectivity index (χ2v) is 28.1. The summed E-state index contributed by atoms with van der Waals surface area (Å²) in [6.45, 7) is 16.6. The van der Waals surface area contributed by atoms with Crippen LogP contribution >= 0.6 is 0 Å². The van der Waals surface area contributed by atoms with Crippen LogP contribution in [0.2, 0.25) is 0 Å². The fraction of sp³-hybridized carbons (Fsp3) is 0.191. The van der Waals surface area contributed by atoms with E-state index in [4.69, 9.17) is 19.7 Å². The highest BCUT2D eigenvalue weighted by atomic mass is 16.5. The van der Waals surface area contributed by atoms with Crippen molar-refractivity contribution >= 4 is 90.0 Å². The zero-order chi connectivity index (χ0) is 85.9. The maximum absolute atomic E-state index is 14.2. The molecule has 4 atom stereocenters. The van der Waals surface area contributed by atoms with E-state index in [-0.39, 0.29) is 65.0 Å². The number of aromatic nitrogens is 12. The van der Waals surface area contributed by atoms with Crippen LogP contribution in [0.1, 0.15) is 148 Å². The Kier molecular flexibility index (Phi) is 26.8. The fourth-order valence-electron chi connectivity index (χ4n) is 13.8. The van der Waals surface area contributed by atoms with E-state index in [1.807, 2.05) is 78.9 Å². The van der Waals surface area contributed by atoms with Crippen molar-refractivity contribution in [1.29, 1.82) is 0 Å². The van der Waals surface area contributed by atoms with Gasteiger partial charge >= 0.3 is 0 Å². The van der Waals surface area contributed by atoms with Crippen molar-refractivity contribution in [3.05, 3.63) is 319 Å². The number of para-hydroxylation sites is 3. The van der Waals surface area contributed by atoms with E-state index in [1.165, 1.54) is 39.1 Å². The molecule has 0 aliphatic carbocycles. The summed E-state index contributed by atoms with van der Waals surface area (Å²) in [4.78, 5) is 158. The lowest BCUT2D eigenvalue weighted by atomic mass is 10.1. The van der Waals surface area contributed by atoms with Crippen molar-refractivity contribution in [2.24, 2.45) is 0 Å². The van der Waals surface area contributed by atoms with Gasteiger partial charge in [0, 0.05) is 91.1 Å². The van der Waals surface area contributed by atoms with Crippen molar-refractivity contribution in [2.45, 2.75) is 92.0 Å². The van der Waals surface area contributed by atoms with Crippen LogP contribution in [-0.2, 0) is 19.1 Å². The van der Waals surface area contributed by atoms with Crippen molar-refractivity contribution < 1.29 is 33.5 Å². The molecule has 6 aromatic carbocycles. The van der Waals surface area contributed by atoms with E-state index in [2.05, 4.69) is 104 Å². The molecule has 14 aromatic rings. The Bertz CT molecular complexity index is 6820. The van der Waals surface area contributed by atoms with Crippen LogP contribution in [0.5, 0.6) is 0 Å². The van der Waals surface area contributed by atoms with Gasteiger partial charge in [-0.05, 0) is 158 Å². The largest absolute Gasteiger partial charge is 0.368 e. The Balaban J connectivity index is 0.000000158. The van der Waals surface area contributed by atoms with Gasteiger partial charge in [0.1, 0.15) is 29.3 Å². The highest BCUT2D eigenvalue weighted by Gasteiger charge is 2.29. The molecule has 122 heavy (non-hydrogen) atoms. The van der Waals surface area contributed by atoms with E-state index >= 15 is 0 Å². The number of nitrogens with one attached hydrogen (secondary N) is 6. The molecule has 608 valence electrons. The van der Waals surface area contributed by atoms with Gasteiger partial charge in [0.25, 0.3) is 34.4 Å². The molecule has 1 aliphatic heterocycles. The summed E-state index contributed by atoms with van der Waals surface area (Å²) in [5, 5.41) is 19.6. The minimum absolute atomic E-state index is 0.119. The molecule has 0 saturated carbocycles. The van der Waals surface area contributed by atoms with Gasteiger partial charge in [-0.2, -0.15) is 0 Å². The molecule has 8 aromatic heterocycles. The molecular weight excluding hydrogens is 1540 g/mol. The van der Waals surface area contributed by atoms with E-state index in [0.717, 1.165) is 17.2 Å². The second-order valence-electron chi connectivity index (χ2n) is 28.1. The Labute approximate surface area is 699 Å². The predicted octanol–water partition coefficient (Wildman–Crippen LogP) is 10.4. The number of ether oxygens (including phenoxy) is 1. The van der Waals surface area contributed by atoms with Crippen molar-refractivity contribution in [2.75, 3.05) is 26.2 Å². The van der Waals surface area contributed by atoms with Gasteiger partial charge in [0.15, 0.2) is 0 Å². The average molecular weight is 1620 g/mol. The third kappa shape index (κ3) is 19.2. The van der Waals surface area contributed by atoms with Gasteiger partial charge in [0.05, 0.1) is 120 Å². The van der Waals surface area contributed by atoms with Crippen LogP contribution in [0, 0.1) is 56.3 Å². The number of rotatable bonds is 18. The van der Waals surface area contributed by atoms with Crippen molar-refractivity contribution in [3.63, 3.8) is 0 Å². The number of fused-ring (bicyclic) bond motifs is 5. The number of hydrogen-bond acceptors (Lipinski definition) is 19. The van der Waals surface area contributed by atoms with Crippen LogP contribution in [0.3, 0.4) is 0 Å². The summed E-state index contributed by atoms with van der Waals surface area (Å²) in [6, 6.07) is 48.5. The number of nitrogens with zero attached hydrogens (tertiary/aromatic N) is 12. The number of aryl methyl sites for hydroxylation is 3. The molecule has 1 aliphatic rings. The summed E-state index contributed by atoms with van der Waals surface area (Å²) in [5.74, 6) is 17.2. The maximum atomic E-state index is 14.2. The quantitative estimate of drug-likeness (QED) is 0.0264. The molecule has 0 radical (unpaired) electrons. The first-order valence-corrected chi connectivity index (χ1v) is 39.1. The Hall–Kier alpha value is -15.9. The third-order valence-corrected chi connectivity index (χ3v) is 19.6. The van der Waals surface area contributed by atoms with Crippen LogP contribution in [-0.4, -0.2) is 126 Å². The molecule has 6 N–H and O–H groups in total. The molecular formula is C94H82N18O10. The summed E-state index contributed by atoms with van der Waals surface area (Å²) >= 11 is 0. The number of amides is 6. The van der Waals surface area contributed by atoms with Crippen LogP contribution in [0.15, 0.2) is 234 Å². The molecule has 28 nitrogen and oxygen atoms in total. The lowest BCUT2D eigenvalue weighted by molar-refractivity contribution is -0.129. The fourth-order valence-corrected chi connectivity index (χ4v) is 13.8. The lowest BCUT2D eigenvalue weighted by Crippen LogP contribution is -2.34. The highest BCUT2D eigenvalue weighted by Crippen LogP contribution is 2.28. The summed E-state index contributed by atoms with van der Waals surface area (Å²) in [6.07, 6.45) is 12.4. The normalized spacial score (nSPS) is 12.7. The minimum Gasteiger partial charge on any atom is -0.368 e. The third-order valence-electron chi connectivity index (χ3n) is 19.6. The second kappa shape index (κ2) is 38.9. The van der Waals surface area contributed by atoms with E-state index in [9.17, 15) is 43.2 Å². The first-order chi connectivity index (χ1) is 59.2. The maximum Gasteiger partial charge on any atom is 0.272 e. The SMILES string of the molecule is C=CC(=O)NCCC#Cc1cccc2nc([C@H](C)NC(=O)c3nccnc3C)n(-c3ccccc3)c(=O)c12.CC(=O)NCC#Cc1cccc2nc([C@H](C)NC(=O)c3c(C)ncc4cccnc34)n(-c3ccccc3)c(=O)c12.Cc1ncc2cccnc2c1C(=O)N[C@@H](C)c1nc2cccc(C#CCNC(=O)[C@H]3CCCO3)c2c(=O)n1-c1ccccc1. The monoisotopic (exact) mass is 1620 g/mol. The molecule has 9 heterocycles. The smallest absolute Gasteiger partial charge is 0.272 e. The number of pyridine rings is 4. The van der Waals surface area contributed by atoms with Gasteiger partial charge in [-0.15, -0.1) is 0 Å². The summed E-state index contributed by atoms with van der Waals surface area (Å²) in [7, 11) is 0. The van der Waals surface area contributed by atoms with Gasteiger partial charge in [-0.3, -0.25) is 81.8 Å². The number of hydrogen-bond donors (Lipinski definition) is 6. The zero-order valence-electron chi connectivity index (χ0n) is 67.6. The van der Waals surface area contributed by atoms with E-state index < -0.39 is 30.1 Å². The molecule has 28 heteroatoms. The number of carbonyl (C=O) groups excluding carboxylic acids is 6. The van der Waals surface area contributed by atoms with Crippen molar-refractivity contribution in [3.8, 4) is 52.6 Å². The molecule has 0 unspecified atom stereocenters. The van der Waals surface area contributed by atoms with Crippen LogP contribution in [0.4, 0.5) is 0 Å². The van der Waals surface area contributed by atoms with Gasteiger partial charge in [-0.1, -0.05) is 115 Å². The molecule has 0 bridgehead atoms. The Morgan fingerprint density at radius 3 is 1.30 bits per heavy atom. The average Bonchev–Trinajstić information content (AvgIpc) is 0.907. The van der Waals surface area contributed by atoms with Crippen molar-refractivity contribution in [1.82, 2.24) is 90.5 Å². The summed E-state index contributed by atoms with van der Waals surface area (Å²) < 4.78 is 9.91. The first-order valence-electron chi connectivity index (χ1n) is 39.1. The molecule has 15 rings (SSSR count). The zero-order valence-corrected chi connectivity index (χ0v) is 67.6. The predicted molar refractivity (Wildman–Crippen MR) is 464 cm³/mol. The molecule has 0 spiro atoms. The lowest BCUT2D eigenvalue weighted by Gasteiger charge is -2.20. The standard InChI is InChI=1S/C34H30N6O4.C31H26N6O3.C29H26N6O3/c1-21-28(30-24(20-37-21)12-8-17-35-30)33(42)38-22(2)31-39-26-15-6-10-23(11-7-18-36-32(41)27-16-9-19-44-27)29(26)34(43)40(31)25-13-4-3-5-14-25;1-19-26(28-23(18-34-19)12-9-17-33-28)30(39)35-20(2)29-36-25-15-7-10-22(11-8-16-32-21(3)38)27(25)31(40)37(29)24-13-5-4-6-14-24;1-4-24(36)31-16-9-8-11-21-12-10-15-23-25(21)29(38)35(22-13-6-5-7-14-22)27(34-23)20(3)33-28(37)26-19(2)30-17-18-32-26/h3-6,8,10,12-15,17,20,22,27H,9,16,18-19H2,1-2H3,(H,36,41)(H,38,42);4-7,9-10,12-15,17-18,20H,16H2,1-3H3,(H,32,38)(H,35,39);4-7,10,12-15,17-18,20H,1,9,16H2,2-3H3,(H,31,36)(H,33,37)/t22-,27+;2*20-/m000/s1. The van der Waals surface area contributed by atoms with Gasteiger partial charge in [0.2, 0.25) is 17.7 Å². The topological polar surface area (TPSA) is 366 Å². The Morgan fingerprint density at radius 2 is 0.893 bits per heavy atom. The van der Waals surface area contributed by atoms with E-state index in [0.29, 0.717) is 149 Å². The van der Waals surface area contributed by atoms with Gasteiger partial charge in [-0.25, -0.2) is 19.9 Å². The summed E-state index contributed by atoms with van der Waals surface area (Å²) in [5.41, 5.74) is 7.35. The van der Waals surface area contributed by atoms with E-state index in [1.54, 1.807) is 157 Å². The van der Waals surface area contributed by atoms with Gasteiger partial charge < -0.3 is 36.6 Å².